The van der Waals surface area contributed by atoms with Gasteiger partial charge in [-0.05, 0) is 38.1 Å². The number of para-hydroxylation sites is 1. The highest BCUT2D eigenvalue weighted by atomic mass is 19.4. The lowest BCUT2D eigenvalue weighted by molar-refractivity contribution is -0.139. The molecule has 0 atom stereocenters. The molecule has 2 aromatic heterocycles. The first-order valence-corrected chi connectivity index (χ1v) is 10.3. The summed E-state index contributed by atoms with van der Waals surface area (Å²) in [5.74, 6) is 0.805. The van der Waals surface area contributed by atoms with E-state index >= 15 is 0 Å². The fourth-order valence-electron chi connectivity index (χ4n) is 3.43. The molecule has 0 radical (unpaired) electrons. The molecule has 170 valence electrons. The summed E-state index contributed by atoms with van der Waals surface area (Å²) in [5, 5.41) is 19.3. The molecule has 8 nitrogen and oxygen atoms in total. The molecule has 1 aromatic carbocycles. The Morgan fingerprint density at radius 3 is 2.44 bits per heavy atom. The SMILES string of the molecule is CC(C)Nc1nnc(-c2ccc(N3CCC(Oc4ccccc4C(F)(F)F)CC3)nn2)o1. The Kier molecular flexibility index (Phi) is 6.15. The Bertz CT molecular complexity index is 1030. The maximum absolute atomic E-state index is 13.2. The van der Waals surface area contributed by atoms with Gasteiger partial charge in [0.2, 0.25) is 0 Å². The smallest absolute Gasteiger partial charge is 0.419 e. The van der Waals surface area contributed by atoms with Crippen LogP contribution in [0.2, 0.25) is 0 Å². The molecule has 1 saturated heterocycles. The van der Waals surface area contributed by atoms with Gasteiger partial charge in [-0.15, -0.1) is 15.3 Å². The lowest BCUT2D eigenvalue weighted by Gasteiger charge is -2.33. The van der Waals surface area contributed by atoms with Crippen molar-refractivity contribution in [1.82, 2.24) is 20.4 Å². The monoisotopic (exact) mass is 448 g/mol. The van der Waals surface area contributed by atoms with Gasteiger partial charge in [-0.25, -0.2) is 0 Å². The Labute approximate surface area is 182 Å². The molecular formula is C21H23F3N6O2. The maximum atomic E-state index is 13.2. The van der Waals surface area contributed by atoms with Crippen LogP contribution in [0.15, 0.2) is 40.8 Å². The summed E-state index contributed by atoms with van der Waals surface area (Å²) in [5.41, 5.74) is -0.295. The first-order valence-electron chi connectivity index (χ1n) is 10.3. The fraction of sp³-hybridized carbons (Fsp3) is 0.429. The van der Waals surface area contributed by atoms with Crippen LogP contribution in [0, 0.1) is 0 Å². The molecule has 3 aromatic rings. The van der Waals surface area contributed by atoms with Crippen molar-refractivity contribution in [3.8, 4) is 17.3 Å². The third kappa shape index (κ3) is 5.09. The Balaban J connectivity index is 1.35. The van der Waals surface area contributed by atoms with E-state index in [0.29, 0.717) is 43.5 Å². The summed E-state index contributed by atoms with van der Waals surface area (Å²) < 4.78 is 50.7. The highest BCUT2D eigenvalue weighted by Gasteiger charge is 2.35. The van der Waals surface area contributed by atoms with Crippen LogP contribution in [0.4, 0.5) is 25.0 Å². The van der Waals surface area contributed by atoms with Crippen LogP contribution in [0.1, 0.15) is 32.3 Å². The van der Waals surface area contributed by atoms with Gasteiger partial charge in [-0.3, -0.25) is 0 Å². The Morgan fingerprint density at radius 2 is 1.78 bits per heavy atom. The van der Waals surface area contributed by atoms with Crippen molar-refractivity contribution in [3.63, 3.8) is 0 Å². The van der Waals surface area contributed by atoms with Crippen molar-refractivity contribution in [3.05, 3.63) is 42.0 Å². The lowest BCUT2D eigenvalue weighted by Crippen LogP contribution is -2.39. The van der Waals surface area contributed by atoms with Gasteiger partial charge in [0.25, 0.3) is 5.89 Å². The molecule has 3 heterocycles. The van der Waals surface area contributed by atoms with Crippen molar-refractivity contribution in [2.75, 3.05) is 23.3 Å². The predicted octanol–water partition coefficient (Wildman–Crippen LogP) is 4.41. The lowest BCUT2D eigenvalue weighted by atomic mass is 10.1. The minimum atomic E-state index is -4.45. The van der Waals surface area contributed by atoms with E-state index in [-0.39, 0.29) is 23.8 Å². The van der Waals surface area contributed by atoms with Gasteiger partial charge in [-0.1, -0.05) is 17.2 Å². The number of aromatic nitrogens is 4. The first-order chi connectivity index (χ1) is 15.3. The molecular weight excluding hydrogens is 425 g/mol. The second-order valence-electron chi connectivity index (χ2n) is 7.79. The Hall–Kier alpha value is -3.37. The molecule has 4 rings (SSSR count). The van der Waals surface area contributed by atoms with Gasteiger partial charge in [0.05, 0.1) is 5.56 Å². The first kappa shape index (κ1) is 21.8. The number of piperidine rings is 1. The average molecular weight is 448 g/mol. The van der Waals surface area contributed by atoms with Crippen molar-refractivity contribution < 1.29 is 22.3 Å². The van der Waals surface area contributed by atoms with E-state index < -0.39 is 11.7 Å². The highest BCUT2D eigenvalue weighted by Crippen LogP contribution is 2.37. The van der Waals surface area contributed by atoms with E-state index in [1.54, 1.807) is 12.1 Å². The van der Waals surface area contributed by atoms with Gasteiger partial charge < -0.3 is 19.4 Å². The molecule has 0 saturated carbocycles. The van der Waals surface area contributed by atoms with Crippen molar-refractivity contribution in [1.29, 1.82) is 0 Å². The van der Waals surface area contributed by atoms with E-state index in [1.807, 2.05) is 24.8 Å². The maximum Gasteiger partial charge on any atom is 0.419 e. The van der Waals surface area contributed by atoms with Gasteiger partial charge in [-0.2, -0.15) is 13.2 Å². The molecule has 0 unspecified atom stereocenters. The largest absolute Gasteiger partial charge is 0.490 e. The number of hydrogen-bond donors (Lipinski definition) is 1. The van der Waals surface area contributed by atoms with Gasteiger partial charge >= 0.3 is 12.2 Å². The van der Waals surface area contributed by atoms with Crippen LogP contribution in [0.3, 0.4) is 0 Å². The summed E-state index contributed by atoms with van der Waals surface area (Å²) in [6, 6.07) is 9.32. The molecule has 0 aliphatic carbocycles. The number of nitrogens with one attached hydrogen (secondary N) is 1. The number of hydrogen-bond acceptors (Lipinski definition) is 8. The quantitative estimate of drug-likeness (QED) is 0.593. The van der Waals surface area contributed by atoms with Gasteiger partial charge in [0.15, 0.2) is 11.5 Å². The van der Waals surface area contributed by atoms with Crippen LogP contribution in [-0.2, 0) is 6.18 Å². The summed E-state index contributed by atoms with van der Waals surface area (Å²) in [6.07, 6.45) is -3.60. The minimum Gasteiger partial charge on any atom is -0.490 e. The van der Waals surface area contributed by atoms with E-state index in [2.05, 4.69) is 25.7 Å². The molecule has 0 spiro atoms. The predicted molar refractivity (Wildman–Crippen MR) is 111 cm³/mol. The van der Waals surface area contributed by atoms with Crippen LogP contribution in [-0.4, -0.2) is 45.6 Å². The second kappa shape index (κ2) is 9.01. The standard InChI is InChI=1S/C21H23F3N6O2/c1-13(2)25-20-29-28-19(32-20)16-7-8-18(27-26-16)30-11-9-14(10-12-30)31-17-6-4-3-5-15(17)21(22,23)24/h3-8,13-14H,9-12H2,1-2H3,(H,25,29). The van der Waals surface area contributed by atoms with E-state index in [1.165, 1.54) is 12.1 Å². The topological polar surface area (TPSA) is 89.2 Å². The third-order valence-electron chi connectivity index (χ3n) is 4.96. The normalized spacial score (nSPS) is 15.2. The zero-order chi connectivity index (χ0) is 22.7. The van der Waals surface area contributed by atoms with Crippen LogP contribution >= 0.6 is 0 Å². The van der Waals surface area contributed by atoms with Crippen LogP contribution in [0.25, 0.3) is 11.6 Å². The zero-order valence-electron chi connectivity index (χ0n) is 17.6. The number of halogens is 3. The number of benzene rings is 1. The van der Waals surface area contributed by atoms with Crippen molar-refractivity contribution in [2.45, 2.75) is 45.0 Å². The fourth-order valence-corrected chi connectivity index (χ4v) is 3.43. The van der Waals surface area contributed by atoms with Crippen molar-refractivity contribution in [2.24, 2.45) is 0 Å². The third-order valence-corrected chi connectivity index (χ3v) is 4.96. The second-order valence-corrected chi connectivity index (χ2v) is 7.79. The molecule has 0 amide bonds. The van der Waals surface area contributed by atoms with Crippen LogP contribution in [0.5, 0.6) is 5.75 Å². The Morgan fingerprint density at radius 1 is 1.03 bits per heavy atom. The molecule has 1 aliphatic heterocycles. The summed E-state index contributed by atoms with van der Waals surface area (Å²) in [4.78, 5) is 2.02. The van der Waals surface area contributed by atoms with Gasteiger partial charge in [0.1, 0.15) is 11.9 Å². The zero-order valence-corrected chi connectivity index (χ0v) is 17.6. The molecule has 11 heteroatoms. The van der Waals surface area contributed by atoms with E-state index in [9.17, 15) is 13.2 Å². The highest BCUT2D eigenvalue weighted by molar-refractivity contribution is 5.50. The molecule has 1 N–H and O–H groups in total. The minimum absolute atomic E-state index is 0.131. The summed E-state index contributed by atoms with van der Waals surface area (Å²) in [6.45, 7) is 5.11. The number of nitrogens with zero attached hydrogens (tertiary/aromatic N) is 5. The average Bonchev–Trinajstić information content (AvgIpc) is 3.22. The van der Waals surface area contributed by atoms with E-state index in [0.717, 1.165) is 6.07 Å². The van der Waals surface area contributed by atoms with Gasteiger partial charge in [0, 0.05) is 32.0 Å². The number of rotatable bonds is 6. The number of anilines is 2. The molecule has 32 heavy (non-hydrogen) atoms. The molecule has 1 aliphatic rings. The van der Waals surface area contributed by atoms with E-state index in [4.69, 9.17) is 9.15 Å². The molecule has 1 fully saturated rings. The summed E-state index contributed by atoms with van der Waals surface area (Å²) >= 11 is 0. The summed E-state index contributed by atoms with van der Waals surface area (Å²) in [7, 11) is 0. The number of ether oxygens (including phenoxy) is 1. The van der Waals surface area contributed by atoms with Crippen LogP contribution < -0.4 is 15.0 Å². The molecule has 0 bridgehead atoms. The number of alkyl halides is 3. The van der Waals surface area contributed by atoms with Crippen molar-refractivity contribution >= 4 is 11.8 Å².